The lowest BCUT2D eigenvalue weighted by Gasteiger charge is -1.94. The van der Waals surface area contributed by atoms with Gasteiger partial charge in [-0.25, -0.2) is 4.40 Å². The molecule has 2 nitrogen and oxygen atoms in total. The summed E-state index contributed by atoms with van der Waals surface area (Å²) in [7, 11) is 0. The van der Waals surface area contributed by atoms with E-state index in [1.165, 1.54) is 5.69 Å². The number of rotatable bonds is 0. The van der Waals surface area contributed by atoms with Crippen molar-refractivity contribution >= 4 is 18.1 Å². The standard InChI is InChI=1S/C10H11N2.ClH/c1-8-7-9(2)12-6-4-3-5-10(12)11-8;/h3-7H,1-2H3;1H/q+1;. The fourth-order valence-electron chi connectivity index (χ4n) is 1.41. The predicted molar refractivity (Wildman–Crippen MR) is 54.1 cm³/mol. The minimum atomic E-state index is 0. The van der Waals surface area contributed by atoms with E-state index < -0.39 is 0 Å². The lowest BCUT2D eigenvalue weighted by atomic mass is 10.3. The SMILES string of the molecule is Cc1cc(C)[n+]2ccccc2n1.Cl. The van der Waals surface area contributed by atoms with Gasteiger partial charge in [0.05, 0.1) is 6.20 Å². The Morgan fingerprint density at radius 2 is 2.00 bits per heavy atom. The van der Waals surface area contributed by atoms with Gasteiger partial charge in [-0.15, -0.1) is 12.4 Å². The molecule has 68 valence electrons. The van der Waals surface area contributed by atoms with Gasteiger partial charge in [0.2, 0.25) is 0 Å². The summed E-state index contributed by atoms with van der Waals surface area (Å²) < 4.78 is 2.08. The minimum absolute atomic E-state index is 0. The second-order valence-corrected chi connectivity index (χ2v) is 2.97. The van der Waals surface area contributed by atoms with Crippen molar-refractivity contribution < 1.29 is 4.40 Å². The zero-order valence-electron chi connectivity index (χ0n) is 7.69. The van der Waals surface area contributed by atoms with Crippen molar-refractivity contribution in [1.82, 2.24) is 4.98 Å². The van der Waals surface area contributed by atoms with Crippen LogP contribution >= 0.6 is 12.4 Å². The van der Waals surface area contributed by atoms with E-state index >= 15 is 0 Å². The summed E-state index contributed by atoms with van der Waals surface area (Å²) in [4.78, 5) is 4.40. The van der Waals surface area contributed by atoms with Gasteiger partial charge in [-0.3, -0.25) is 0 Å². The Balaban J connectivity index is 0.000000845. The average molecular weight is 196 g/mol. The van der Waals surface area contributed by atoms with Gasteiger partial charge in [-0.2, -0.15) is 0 Å². The first-order valence-corrected chi connectivity index (χ1v) is 4.02. The lowest BCUT2D eigenvalue weighted by Crippen LogP contribution is -2.26. The summed E-state index contributed by atoms with van der Waals surface area (Å²) in [5.74, 6) is 0. The molecule has 0 aliphatic carbocycles. The molecule has 0 N–H and O–H groups in total. The second kappa shape index (κ2) is 3.71. The van der Waals surface area contributed by atoms with Gasteiger partial charge in [-0.05, 0) is 18.0 Å². The molecule has 0 saturated heterocycles. The highest BCUT2D eigenvalue weighted by Gasteiger charge is 2.05. The molecule has 13 heavy (non-hydrogen) atoms. The first kappa shape index (κ1) is 9.93. The smallest absolute Gasteiger partial charge is 0.201 e. The summed E-state index contributed by atoms with van der Waals surface area (Å²) >= 11 is 0. The Kier molecular flexibility index (Phi) is 2.83. The number of halogens is 1. The van der Waals surface area contributed by atoms with Crippen molar-refractivity contribution in [3.63, 3.8) is 0 Å². The van der Waals surface area contributed by atoms with Crippen molar-refractivity contribution in [3.8, 4) is 0 Å². The molecule has 0 unspecified atom stereocenters. The highest BCUT2D eigenvalue weighted by atomic mass is 35.5. The van der Waals surface area contributed by atoms with E-state index in [-0.39, 0.29) is 12.4 Å². The molecule has 3 heteroatoms. The predicted octanol–water partition coefficient (Wildman–Crippen LogP) is 1.86. The van der Waals surface area contributed by atoms with Crippen molar-refractivity contribution in [2.75, 3.05) is 0 Å². The van der Waals surface area contributed by atoms with E-state index in [9.17, 15) is 0 Å². The van der Waals surface area contributed by atoms with Gasteiger partial charge in [0, 0.05) is 19.1 Å². The third kappa shape index (κ3) is 1.78. The molecule has 0 fully saturated rings. The molecule has 2 aromatic heterocycles. The van der Waals surface area contributed by atoms with Crippen molar-refractivity contribution in [1.29, 1.82) is 0 Å². The molecule has 2 rings (SSSR count). The van der Waals surface area contributed by atoms with Crippen LogP contribution in [0, 0.1) is 13.8 Å². The van der Waals surface area contributed by atoms with E-state index in [2.05, 4.69) is 22.4 Å². The fourth-order valence-corrected chi connectivity index (χ4v) is 1.41. The Bertz CT molecular complexity index is 426. The molecular formula is C10H12ClN2+. The molecule has 0 aliphatic rings. The average Bonchev–Trinajstić information content (AvgIpc) is 2.04. The second-order valence-electron chi connectivity index (χ2n) is 2.97. The molecule has 0 bridgehead atoms. The maximum Gasteiger partial charge on any atom is 0.328 e. The molecular weight excluding hydrogens is 184 g/mol. The monoisotopic (exact) mass is 195 g/mol. The van der Waals surface area contributed by atoms with Crippen molar-refractivity contribution in [2.24, 2.45) is 0 Å². The van der Waals surface area contributed by atoms with Crippen LogP contribution in [0.1, 0.15) is 11.4 Å². The van der Waals surface area contributed by atoms with Gasteiger partial charge >= 0.3 is 5.65 Å². The quantitative estimate of drug-likeness (QED) is 0.587. The van der Waals surface area contributed by atoms with Crippen LogP contribution in [0.4, 0.5) is 0 Å². The summed E-state index contributed by atoms with van der Waals surface area (Å²) in [6, 6.07) is 8.10. The molecule has 2 heterocycles. The number of hydrogen-bond donors (Lipinski definition) is 0. The molecule has 0 spiro atoms. The third-order valence-corrected chi connectivity index (χ3v) is 1.93. The molecule has 0 radical (unpaired) electrons. The first-order chi connectivity index (χ1) is 5.77. The number of nitrogens with zero attached hydrogens (tertiary/aromatic N) is 2. The number of aryl methyl sites for hydroxylation is 2. The highest BCUT2D eigenvalue weighted by molar-refractivity contribution is 5.85. The van der Waals surface area contributed by atoms with Gasteiger partial charge < -0.3 is 0 Å². The van der Waals surface area contributed by atoms with Crippen LogP contribution in [0.3, 0.4) is 0 Å². The zero-order valence-corrected chi connectivity index (χ0v) is 8.51. The van der Waals surface area contributed by atoms with Crippen LogP contribution in [-0.4, -0.2) is 4.98 Å². The first-order valence-electron chi connectivity index (χ1n) is 4.02. The summed E-state index contributed by atoms with van der Waals surface area (Å²) in [5, 5.41) is 0. The maximum absolute atomic E-state index is 4.40. The van der Waals surface area contributed by atoms with Crippen LogP contribution < -0.4 is 4.40 Å². The normalized spacial score (nSPS) is 9.69. The Morgan fingerprint density at radius 1 is 1.23 bits per heavy atom. The van der Waals surface area contributed by atoms with Crippen molar-refractivity contribution in [3.05, 3.63) is 41.9 Å². The molecule has 0 amide bonds. The van der Waals surface area contributed by atoms with E-state index in [1.54, 1.807) is 0 Å². The number of aromatic nitrogens is 2. The minimum Gasteiger partial charge on any atom is -0.201 e. The maximum atomic E-state index is 4.40. The van der Waals surface area contributed by atoms with Crippen molar-refractivity contribution in [2.45, 2.75) is 13.8 Å². The molecule has 0 aliphatic heterocycles. The topological polar surface area (TPSA) is 17.0 Å². The largest absolute Gasteiger partial charge is 0.328 e. The van der Waals surface area contributed by atoms with E-state index in [1.807, 2.05) is 31.3 Å². The summed E-state index contributed by atoms with van der Waals surface area (Å²) in [6.07, 6.45) is 2.02. The molecule has 2 aromatic rings. The van der Waals surface area contributed by atoms with Crippen LogP contribution in [0.15, 0.2) is 30.5 Å². The van der Waals surface area contributed by atoms with E-state index in [0.717, 1.165) is 11.3 Å². The Hall–Kier alpha value is -1.15. The number of pyridine rings is 1. The molecule has 0 saturated carbocycles. The zero-order chi connectivity index (χ0) is 8.55. The lowest BCUT2D eigenvalue weighted by molar-refractivity contribution is -0.522. The van der Waals surface area contributed by atoms with Gasteiger partial charge in [-0.1, -0.05) is 6.07 Å². The van der Waals surface area contributed by atoms with Gasteiger partial charge in [0.1, 0.15) is 5.69 Å². The Morgan fingerprint density at radius 3 is 2.77 bits per heavy atom. The highest BCUT2D eigenvalue weighted by Crippen LogP contribution is 1.98. The Labute approximate surface area is 83.7 Å². The molecule has 0 atom stereocenters. The van der Waals surface area contributed by atoms with Crippen LogP contribution in [0.25, 0.3) is 5.65 Å². The third-order valence-electron chi connectivity index (χ3n) is 1.93. The van der Waals surface area contributed by atoms with E-state index in [0.29, 0.717) is 0 Å². The number of hydrogen-bond acceptors (Lipinski definition) is 1. The van der Waals surface area contributed by atoms with Gasteiger partial charge in [0.15, 0.2) is 5.69 Å². The van der Waals surface area contributed by atoms with Crippen LogP contribution in [0.2, 0.25) is 0 Å². The van der Waals surface area contributed by atoms with E-state index in [4.69, 9.17) is 0 Å². The van der Waals surface area contributed by atoms with Crippen LogP contribution in [-0.2, 0) is 0 Å². The molecule has 0 aromatic carbocycles. The summed E-state index contributed by atoms with van der Waals surface area (Å²) in [6.45, 7) is 4.10. The fraction of sp³-hybridized carbons (Fsp3) is 0.200. The number of fused-ring (bicyclic) bond motifs is 1. The van der Waals surface area contributed by atoms with Gasteiger partial charge in [0.25, 0.3) is 0 Å². The summed E-state index contributed by atoms with van der Waals surface area (Å²) in [5.41, 5.74) is 3.30. The van der Waals surface area contributed by atoms with Crippen LogP contribution in [0.5, 0.6) is 0 Å².